The highest BCUT2D eigenvalue weighted by Crippen LogP contribution is 2.23. The van der Waals surface area contributed by atoms with Crippen LogP contribution < -0.4 is 10.2 Å². The molecule has 0 unspecified atom stereocenters. The molecule has 0 spiro atoms. The molecule has 5 heteroatoms. The lowest BCUT2D eigenvalue weighted by Crippen LogP contribution is -2.25. The molecule has 1 N–H and O–H groups in total. The van der Waals surface area contributed by atoms with E-state index in [2.05, 4.69) is 60.5 Å². The standard InChI is InChI=1S/C14H25IN4/c1-5-9-11-12(15)13(16-10-6-2)18-14(17-11)19(7-3)8-4/h5-10H2,1-4H3,(H,16,17,18). The Labute approximate surface area is 130 Å². The summed E-state index contributed by atoms with van der Waals surface area (Å²) >= 11 is 2.36. The fourth-order valence-electron chi connectivity index (χ4n) is 1.89. The minimum Gasteiger partial charge on any atom is -0.369 e. The minimum absolute atomic E-state index is 0.854. The van der Waals surface area contributed by atoms with Gasteiger partial charge in [0.25, 0.3) is 0 Å². The second-order valence-corrected chi connectivity index (χ2v) is 5.56. The summed E-state index contributed by atoms with van der Waals surface area (Å²) in [7, 11) is 0. The maximum absolute atomic E-state index is 4.74. The molecule has 108 valence electrons. The monoisotopic (exact) mass is 376 g/mol. The van der Waals surface area contributed by atoms with Crippen molar-refractivity contribution in [2.75, 3.05) is 29.9 Å². The Balaban J connectivity index is 3.13. The van der Waals surface area contributed by atoms with Crippen LogP contribution in [0.25, 0.3) is 0 Å². The molecule has 0 aliphatic rings. The maximum atomic E-state index is 4.74. The van der Waals surface area contributed by atoms with E-state index in [4.69, 9.17) is 9.97 Å². The molecular formula is C14H25IN4. The third kappa shape index (κ3) is 4.47. The number of anilines is 2. The van der Waals surface area contributed by atoms with Crippen LogP contribution in [0.15, 0.2) is 0 Å². The Morgan fingerprint density at radius 2 is 1.74 bits per heavy atom. The molecule has 0 aliphatic heterocycles. The van der Waals surface area contributed by atoms with Gasteiger partial charge in [-0.1, -0.05) is 20.3 Å². The number of rotatable bonds is 8. The van der Waals surface area contributed by atoms with E-state index in [1.54, 1.807) is 0 Å². The number of nitrogens with one attached hydrogen (secondary N) is 1. The zero-order valence-electron chi connectivity index (χ0n) is 12.5. The molecule has 0 aromatic carbocycles. The lowest BCUT2D eigenvalue weighted by Gasteiger charge is -2.21. The first-order valence-electron chi connectivity index (χ1n) is 7.23. The molecule has 0 radical (unpaired) electrons. The second-order valence-electron chi connectivity index (χ2n) is 4.48. The van der Waals surface area contributed by atoms with E-state index in [-0.39, 0.29) is 0 Å². The van der Waals surface area contributed by atoms with Crippen molar-refractivity contribution in [2.45, 2.75) is 47.0 Å². The van der Waals surface area contributed by atoms with Gasteiger partial charge in [0, 0.05) is 19.6 Å². The molecule has 1 aromatic rings. The lowest BCUT2D eigenvalue weighted by atomic mass is 10.2. The zero-order valence-corrected chi connectivity index (χ0v) is 14.6. The van der Waals surface area contributed by atoms with Crippen LogP contribution in [0, 0.1) is 3.57 Å². The van der Waals surface area contributed by atoms with E-state index in [1.807, 2.05) is 0 Å². The largest absolute Gasteiger partial charge is 0.369 e. The first-order chi connectivity index (χ1) is 9.17. The van der Waals surface area contributed by atoms with Crippen molar-refractivity contribution < 1.29 is 0 Å². The highest BCUT2D eigenvalue weighted by atomic mass is 127. The number of hydrogen-bond acceptors (Lipinski definition) is 4. The van der Waals surface area contributed by atoms with Gasteiger partial charge in [-0.05, 0) is 49.3 Å². The van der Waals surface area contributed by atoms with Crippen molar-refractivity contribution in [2.24, 2.45) is 0 Å². The van der Waals surface area contributed by atoms with Crippen molar-refractivity contribution in [1.29, 1.82) is 0 Å². The summed E-state index contributed by atoms with van der Waals surface area (Å²) < 4.78 is 1.17. The van der Waals surface area contributed by atoms with Gasteiger partial charge in [0.1, 0.15) is 5.82 Å². The van der Waals surface area contributed by atoms with Gasteiger partial charge < -0.3 is 10.2 Å². The van der Waals surface area contributed by atoms with Gasteiger partial charge in [-0.15, -0.1) is 0 Å². The molecule has 0 aliphatic carbocycles. The van der Waals surface area contributed by atoms with Gasteiger partial charge in [-0.2, -0.15) is 4.98 Å². The average Bonchev–Trinajstić information content (AvgIpc) is 2.42. The molecule has 0 saturated carbocycles. The van der Waals surface area contributed by atoms with Gasteiger partial charge in [0.2, 0.25) is 5.95 Å². The summed E-state index contributed by atoms with van der Waals surface area (Å²) in [5.74, 6) is 1.84. The van der Waals surface area contributed by atoms with Crippen LogP contribution in [0.1, 0.15) is 46.2 Å². The third-order valence-corrected chi connectivity index (χ3v) is 4.12. The van der Waals surface area contributed by atoms with Crippen LogP contribution in [0.4, 0.5) is 11.8 Å². The van der Waals surface area contributed by atoms with Crippen molar-refractivity contribution in [1.82, 2.24) is 9.97 Å². The Hall–Kier alpha value is -0.590. The predicted molar refractivity (Wildman–Crippen MR) is 91.1 cm³/mol. The van der Waals surface area contributed by atoms with Gasteiger partial charge >= 0.3 is 0 Å². The molecular weight excluding hydrogens is 351 g/mol. The highest BCUT2D eigenvalue weighted by molar-refractivity contribution is 14.1. The molecule has 0 atom stereocenters. The molecule has 0 amide bonds. The number of hydrogen-bond donors (Lipinski definition) is 1. The number of nitrogens with zero attached hydrogens (tertiary/aromatic N) is 3. The van der Waals surface area contributed by atoms with E-state index in [9.17, 15) is 0 Å². The van der Waals surface area contributed by atoms with E-state index in [0.29, 0.717) is 0 Å². The molecule has 0 saturated heterocycles. The van der Waals surface area contributed by atoms with Gasteiger partial charge in [-0.25, -0.2) is 4.98 Å². The van der Waals surface area contributed by atoms with E-state index >= 15 is 0 Å². The summed E-state index contributed by atoms with van der Waals surface area (Å²) in [4.78, 5) is 11.6. The number of aryl methyl sites for hydroxylation is 1. The van der Waals surface area contributed by atoms with E-state index in [1.165, 1.54) is 9.26 Å². The smallest absolute Gasteiger partial charge is 0.227 e. The van der Waals surface area contributed by atoms with Crippen molar-refractivity contribution in [3.05, 3.63) is 9.26 Å². The molecule has 1 heterocycles. The molecule has 4 nitrogen and oxygen atoms in total. The maximum Gasteiger partial charge on any atom is 0.227 e. The van der Waals surface area contributed by atoms with Crippen LogP contribution in [-0.2, 0) is 6.42 Å². The summed E-state index contributed by atoms with van der Waals surface area (Å²) in [6, 6.07) is 0. The number of halogens is 1. The van der Waals surface area contributed by atoms with Gasteiger partial charge in [0.05, 0.1) is 9.26 Å². The molecule has 0 bridgehead atoms. The van der Waals surface area contributed by atoms with Crippen molar-refractivity contribution >= 4 is 34.4 Å². The Bertz CT molecular complexity index is 391. The van der Waals surface area contributed by atoms with Crippen LogP contribution in [0.2, 0.25) is 0 Å². The quantitative estimate of drug-likeness (QED) is 0.703. The van der Waals surface area contributed by atoms with Crippen molar-refractivity contribution in [3.63, 3.8) is 0 Å². The lowest BCUT2D eigenvalue weighted by molar-refractivity contribution is 0.792. The van der Waals surface area contributed by atoms with Crippen LogP contribution in [0.3, 0.4) is 0 Å². The summed E-state index contributed by atoms with van der Waals surface area (Å²) in [5.41, 5.74) is 1.17. The fourth-order valence-corrected chi connectivity index (χ4v) is 2.59. The molecule has 1 rings (SSSR count). The summed E-state index contributed by atoms with van der Waals surface area (Å²) in [6.07, 6.45) is 3.22. The van der Waals surface area contributed by atoms with Crippen molar-refractivity contribution in [3.8, 4) is 0 Å². The summed E-state index contributed by atoms with van der Waals surface area (Å²) in [5, 5.41) is 3.42. The van der Waals surface area contributed by atoms with Crippen LogP contribution in [0.5, 0.6) is 0 Å². The minimum atomic E-state index is 0.854. The fraction of sp³-hybridized carbons (Fsp3) is 0.714. The Kier molecular flexibility index (Phi) is 7.41. The highest BCUT2D eigenvalue weighted by Gasteiger charge is 2.14. The Morgan fingerprint density at radius 3 is 2.26 bits per heavy atom. The third-order valence-electron chi connectivity index (χ3n) is 2.98. The SMILES string of the molecule is CCCNc1nc(N(CC)CC)nc(CCC)c1I. The average molecular weight is 376 g/mol. The molecule has 19 heavy (non-hydrogen) atoms. The van der Waals surface area contributed by atoms with Gasteiger partial charge in [0.15, 0.2) is 0 Å². The predicted octanol–water partition coefficient (Wildman–Crippen LogP) is 3.70. The van der Waals surface area contributed by atoms with E-state index in [0.717, 1.165) is 50.7 Å². The Morgan fingerprint density at radius 1 is 1.05 bits per heavy atom. The zero-order chi connectivity index (χ0) is 14.3. The second kappa shape index (κ2) is 8.55. The first kappa shape index (κ1) is 16.5. The first-order valence-corrected chi connectivity index (χ1v) is 8.30. The summed E-state index contributed by atoms with van der Waals surface area (Å²) in [6.45, 7) is 11.5. The number of aromatic nitrogens is 2. The van der Waals surface area contributed by atoms with Crippen LogP contribution >= 0.6 is 22.6 Å². The topological polar surface area (TPSA) is 41.1 Å². The van der Waals surface area contributed by atoms with E-state index < -0.39 is 0 Å². The molecule has 0 fully saturated rings. The van der Waals surface area contributed by atoms with Gasteiger partial charge in [-0.3, -0.25) is 0 Å². The van der Waals surface area contributed by atoms with Crippen LogP contribution in [-0.4, -0.2) is 29.6 Å². The molecule has 1 aromatic heterocycles. The normalized spacial score (nSPS) is 10.6.